The molecule has 8 nitrogen and oxygen atoms in total. The maximum Gasteiger partial charge on any atom is 0.252 e. The number of piperidine rings is 1. The molecule has 0 unspecified atom stereocenters. The van der Waals surface area contributed by atoms with Crippen LogP contribution in [0.4, 0.5) is 0 Å². The Hall–Kier alpha value is -1.78. The smallest absolute Gasteiger partial charge is 0.252 e. The fraction of sp³-hybridized carbons (Fsp3) is 0.696. The highest BCUT2D eigenvalue weighted by Crippen LogP contribution is 2.40. The number of nitrogens with one attached hydrogen (secondary N) is 1. The molecule has 2 aliphatic carbocycles. The molecule has 0 bridgehead atoms. The van der Waals surface area contributed by atoms with Gasteiger partial charge in [0.15, 0.2) is 0 Å². The van der Waals surface area contributed by atoms with Gasteiger partial charge in [-0.1, -0.05) is 37.3 Å². The third-order valence-corrected chi connectivity index (χ3v) is 10.4. The molecular formula is C23H32N4O4S2. The topological polar surface area (TPSA) is 105 Å². The quantitative estimate of drug-likeness (QED) is 0.644. The summed E-state index contributed by atoms with van der Waals surface area (Å²) in [6.07, 6.45) is 11.5. The summed E-state index contributed by atoms with van der Waals surface area (Å²) in [6.45, 7) is 0.735. The molecule has 1 aliphatic heterocycles. The third-order valence-electron chi connectivity index (χ3n) is 7.07. The van der Waals surface area contributed by atoms with Crippen LogP contribution in [0, 0.1) is 5.92 Å². The SMILES string of the molecule is O=C(NC1CCCCCCC1)C1CCN(S(=O)(=O)c2cc(-c3noc(C4CC4)n3)cs2)CC1. The number of sulfonamides is 1. The van der Waals surface area contributed by atoms with Crippen LogP contribution in [-0.2, 0) is 14.8 Å². The van der Waals surface area contributed by atoms with E-state index in [4.69, 9.17) is 4.52 Å². The van der Waals surface area contributed by atoms with E-state index in [1.54, 1.807) is 11.4 Å². The van der Waals surface area contributed by atoms with Crippen molar-refractivity contribution in [2.45, 2.75) is 86.8 Å². The molecule has 2 saturated carbocycles. The molecule has 1 amide bonds. The molecule has 2 aromatic heterocycles. The molecule has 180 valence electrons. The minimum atomic E-state index is -3.60. The number of carbonyl (C=O) groups excluding carboxylic acids is 1. The number of aromatic nitrogens is 2. The number of hydrogen-bond acceptors (Lipinski definition) is 7. The second kappa shape index (κ2) is 9.84. The van der Waals surface area contributed by atoms with Crippen LogP contribution in [0.2, 0.25) is 0 Å². The van der Waals surface area contributed by atoms with Gasteiger partial charge < -0.3 is 9.84 Å². The van der Waals surface area contributed by atoms with E-state index in [-0.39, 0.29) is 22.1 Å². The molecule has 0 radical (unpaired) electrons. The Kier molecular flexibility index (Phi) is 6.85. The van der Waals surface area contributed by atoms with Gasteiger partial charge in [-0.15, -0.1) is 11.3 Å². The fourth-order valence-corrected chi connectivity index (χ4v) is 7.60. The monoisotopic (exact) mass is 492 g/mol. The molecule has 2 aromatic rings. The van der Waals surface area contributed by atoms with Crippen molar-refractivity contribution in [3.8, 4) is 11.4 Å². The van der Waals surface area contributed by atoms with E-state index in [2.05, 4.69) is 15.5 Å². The van der Waals surface area contributed by atoms with Gasteiger partial charge in [-0.3, -0.25) is 4.79 Å². The Balaban J connectivity index is 1.17. The summed E-state index contributed by atoms with van der Waals surface area (Å²) in [4.78, 5) is 17.2. The minimum Gasteiger partial charge on any atom is -0.353 e. The summed E-state index contributed by atoms with van der Waals surface area (Å²) in [5.74, 6) is 1.43. The van der Waals surface area contributed by atoms with Crippen molar-refractivity contribution in [3.63, 3.8) is 0 Å². The van der Waals surface area contributed by atoms with Crippen molar-refractivity contribution >= 4 is 27.3 Å². The summed E-state index contributed by atoms with van der Waals surface area (Å²) in [5.41, 5.74) is 0.669. The summed E-state index contributed by atoms with van der Waals surface area (Å²) in [7, 11) is -3.60. The first kappa shape index (κ1) is 23.0. The lowest BCUT2D eigenvalue weighted by atomic mass is 9.94. The summed E-state index contributed by atoms with van der Waals surface area (Å²) >= 11 is 1.18. The van der Waals surface area contributed by atoms with E-state index in [9.17, 15) is 13.2 Å². The molecule has 3 aliphatic rings. The predicted molar refractivity (Wildman–Crippen MR) is 125 cm³/mol. The number of rotatable bonds is 6. The first-order chi connectivity index (χ1) is 16.0. The van der Waals surface area contributed by atoms with E-state index in [1.165, 1.54) is 47.7 Å². The van der Waals surface area contributed by atoms with Gasteiger partial charge in [0.1, 0.15) is 4.21 Å². The van der Waals surface area contributed by atoms with Crippen molar-refractivity contribution in [1.29, 1.82) is 0 Å². The maximum atomic E-state index is 13.2. The largest absolute Gasteiger partial charge is 0.353 e. The van der Waals surface area contributed by atoms with Crippen LogP contribution in [0.15, 0.2) is 20.2 Å². The van der Waals surface area contributed by atoms with Gasteiger partial charge in [0.05, 0.1) is 0 Å². The molecule has 3 heterocycles. The van der Waals surface area contributed by atoms with Crippen LogP contribution in [-0.4, -0.2) is 47.9 Å². The van der Waals surface area contributed by atoms with Gasteiger partial charge in [-0.2, -0.15) is 9.29 Å². The zero-order chi connectivity index (χ0) is 22.8. The fourth-order valence-electron chi connectivity index (χ4n) is 4.82. The molecule has 5 rings (SSSR count). The van der Waals surface area contributed by atoms with E-state index < -0.39 is 10.0 Å². The molecule has 0 atom stereocenters. The van der Waals surface area contributed by atoms with Gasteiger partial charge in [-0.05, 0) is 44.6 Å². The van der Waals surface area contributed by atoms with Crippen LogP contribution in [0.3, 0.4) is 0 Å². The average molecular weight is 493 g/mol. The van der Waals surface area contributed by atoms with Crippen LogP contribution in [0.1, 0.15) is 82.4 Å². The number of thiophene rings is 1. The molecule has 0 aromatic carbocycles. The second-order valence-corrected chi connectivity index (χ2v) is 12.7. The highest BCUT2D eigenvalue weighted by molar-refractivity contribution is 7.91. The van der Waals surface area contributed by atoms with E-state index >= 15 is 0 Å². The first-order valence-electron chi connectivity index (χ1n) is 12.2. The Morgan fingerprint density at radius 3 is 2.42 bits per heavy atom. The Morgan fingerprint density at radius 1 is 1.03 bits per heavy atom. The van der Waals surface area contributed by atoms with Crippen molar-refractivity contribution < 1.29 is 17.7 Å². The lowest BCUT2D eigenvalue weighted by Crippen LogP contribution is -2.45. The van der Waals surface area contributed by atoms with Crippen molar-refractivity contribution in [2.75, 3.05) is 13.1 Å². The van der Waals surface area contributed by atoms with Gasteiger partial charge in [0.2, 0.25) is 17.6 Å². The van der Waals surface area contributed by atoms with Crippen molar-refractivity contribution in [3.05, 3.63) is 17.3 Å². The van der Waals surface area contributed by atoms with Crippen LogP contribution >= 0.6 is 11.3 Å². The van der Waals surface area contributed by atoms with Crippen molar-refractivity contribution in [2.24, 2.45) is 5.92 Å². The molecule has 33 heavy (non-hydrogen) atoms. The molecule has 1 N–H and O–H groups in total. The summed E-state index contributed by atoms with van der Waals surface area (Å²) in [6, 6.07) is 1.91. The lowest BCUT2D eigenvalue weighted by Gasteiger charge is -2.31. The average Bonchev–Trinajstić information content (AvgIpc) is 3.31. The number of carbonyl (C=O) groups is 1. The Morgan fingerprint density at radius 2 is 1.73 bits per heavy atom. The minimum absolute atomic E-state index is 0.0969. The summed E-state index contributed by atoms with van der Waals surface area (Å²) < 4.78 is 33.5. The van der Waals surface area contributed by atoms with Crippen LogP contribution in [0.5, 0.6) is 0 Å². The van der Waals surface area contributed by atoms with E-state index in [0.29, 0.717) is 49.1 Å². The van der Waals surface area contributed by atoms with Crippen molar-refractivity contribution in [1.82, 2.24) is 19.8 Å². The molecule has 3 fully saturated rings. The predicted octanol–water partition coefficient (Wildman–Crippen LogP) is 4.31. The van der Waals surface area contributed by atoms with Crippen LogP contribution < -0.4 is 5.32 Å². The van der Waals surface area contributed by atoms with E-state index in [1.807, 2.05) is 0 Å². The first-order valence-corrected chi connectivity index (χ1v) is 14.6. The lowest BCUT2D eigenvalue weighted by molar-refractivity contribution is -0.127. The highest BCUT2D eigenvalue weighted by Gasteiger charge is 2.34. The second-order valence-electron chi connectivity index (χ2n) is 9.61. The molecule has 1 saturated heterocycles. The highest BCUT2D eigenvalue weighted by atomic mass is 32.2. The van der Waals surface area contributed by atoms with Gasteiger partial charge >= 0.3 is 0 Å². The third kappa shape index (κ3) is 5.33. The van der Waals surface area contributed by atoms with E-state index in [0.717, 1.165) is 25.7 Å². The number of nitrogens with zero attached hydrogens (tertiary/aromatic N) is 3. The normalized spacial score (nSPS) is 22.1. The number of amides is 1. The van der Waals surface area contributed by atoms with Gasteiger partial charge in [0, 0.05) is 41.9 Å². The number of hydrogen-bond donors (Lipinski definition) is 1. The zero-order valence-corrected chi connectivity index (χ0v) is 20.5. The summed E-state index contributed by atoms with van der Waals surface area (Å²) in [5, 5.41) is 9.03. The molecule has 10 heteroatoms. The van der Waals surface area contributed by atoms with Gasteiger partial charge in [-0.25, -0.2) is 8.42 Å². The molecular weight excluding hydrogens is 460 g/mol. The Labute approximate surface area is 199 Å². The Bertz CT molecular complexity index is 1060. The standard InChI is InChI=1S/C23H32N4O4S2/c28-22(24-19-6-4-2-1-3-5-7-19)16-10-12-27(13-11-16)33(29,30)20-14-18(15-32-20)21-25-23(31-26-21)17-8-9-17/h14-17,19H,1-13H2,(H,24,28). The molecule has 0 spiro atoms. The maximum absolute atomic E-state index is 13.2. The van der Waals surface area contributed by atoms with Crippen LogP contribution in [0.25, 0.3) is 11.4 Å². The van der Waals surface area contributed by atoms with Gasteiger partial charge in [0.25, 0.3) is 10.0 Å². The zero-order valence-electron chi connectivity index (χ0n) is 18.9.